The number of nitrogens with one attached hydrogen (secondary N) is 1. The molecule has 2 aromatic heterocycles. The molecule has 0 saturated heterocycles. The highest BCUT2D eigenvalue weighted by molar-refractivity contribution is 7.10. The first-order chi connectivity index (χ1) is 8.74. The number of aryl methyl sites for hydroxylation is 2. The molecule has 96 valence electrons. The van der Waals surface area contributed by atoms with E-state index in [1.807, 2.05) is 18.4 Å². The van der Waals surface area contributed by atoms with Gasteiger partial charge in [-0.2, -0.15) is 5.10 Å². The zero-order chi connectivity index (χ0) is 13.0. The predicted octanol–water partition coefficient (Wildman–Crippen LogP) is 3.17. The van der Waals surface area contributed by atoms with E-state index in [1.54, 1.807) is 28.3 Å². The highest BCUT2D eigenvalue weighted by atomic mass is 32.1. The molecule has 0 atom stereocenters. The van der Waals surface area contributed by atoms with E-state index in [0.717, 1.165) is 30.8 Å². The molecule has 1 amide bonds. The van der Waals surface area contributed by atoms with Gasteiger partial charge in [0, 0.05) is 22.9 Å². The summed E-state index contributed by atoms with van der Waals surface area (Å²) in [5.74, 6) is 0.676. The van der Waals surface area contributed by atoms with Crippen molar-refractivity contribution in [2.24, 2.45) is 0 Å². The lowest BCUT2D eigenvalue weighted by atomic mass is 10.2. The molecule has 1 N–H and O–H groups in total. The van der Waals surface area contributed by atoms with Gasteiger partial charge in [0.05, 0.1) is 11.8 Å². The number of nitrogens with zero attached hydrogens (tertiary/aromatic N) is 2. The summed E-state index contributed by atoms with van der Waals surface area (Å²) in [4.78, 5) is 13.3. The molecule has 2 aromatic rings. The van der Waals surface area contributed by atoms with Crippen molar-refractivity contribution in [1.29, 1.82) is 0 Å². The highest BCUT2D eigenvalue weighted by Crippen LogP contribution is 2.18. The van der Waals surface area contributed by atoms with Gasteiger partial charge >= 0.3 is 0 Å². The summed E-state index contributed by atoms with van der Waals surface area (Å²) in [6.45, 7) is 4.87. The standard InChI is InChI=1S/C13H17N3OS/c1-3-5-11-8-10(9-18-11)13(17)15-12-6-7-14-16(12)4-2/h6-9H,3-5H2,1-2H3,(H,15,17). The van der Waals surface area contributed by atoms with Gasteiger partial charge in [0.1, 0.15) is 5.82 Å². The SMILES string of the molecule is CCCc1cc(C(=O)Nc2ccnn2CC)cs1. The second-order valence-electron chi connectivity index (χ2n) is 4.04. The Balaban J connectivity index is 2.07. The van der Waals surface area contributed by atoms with Crippen LogP contribution in [0.2, 0.25) is 0 Å². The number of aromatic nitrogens is 2. The van der Waals surface area contributed by atoms with Crippen LogP contribution in [0.5, 0.6) is 0 Å². The third-order valence-electron chi connectivity index (χ3n) is 2.67. The quantitative estimate of drug-likeness (QED) is 0.900. The number of hydrogen-bond donors (Lipinski definition) is 1. The molecule has 0 aliphatic rings. The van der Waals surface area contributed by atoms with Crippen molar-refractivity contribution < 1.29 is 4.79 Å². The summed E-state index contributed by atoms with van der Waals surface area (Å²) >= 11 is 1.64. The van der Waals surface area contributed by atoms with E-state index in [4.69, 9.17) is 0 Å². The van der Waals surface area contributed by atoms with Gasteiger partial charge in [-0.1, -0.05) is 13.3 Å². The normalized spacial score (nSPS) is 10.6. The molecule has 0 aliphatic carbocycles. The Morgan fingerprint density at radius 3 is 3.06 bits per heavy atom. The number of carbonyl (C=O) groups excluding carboxylic acids is 1. The van der Waals surface area contributed by atoms with Gasteiger partial charge in [0.2, 0.25) is 0 Å². The van der Waals surface area contributed by atoms with E-state index >= 15 is 0 Å². The highest BCUT2D eigenvalue weighted by Gasteiger charge is 2.10. The van der Waals surface area contributed by atoms with Crippen LogP contribution in [-0.4, -0.2) is 15.7 Å². The molecular weight excluding hydrogens is 246 g/mol. The fourth-order valence-corrected chi connectivity index (χ4v) is 2.73. The zero-order valence-electron chi connectivity index (χ0n) is 10.6. The summed E-state index contributed by atoms with van der Waals surface area (Å²) in [5.41, 5.74) is 0.729. The summed E-state index contributed by atoms with van der Waals surface area (Å²) in [6, 6.07) is 3.77. The maximum absolute atomic E-state index is 12.1. The second kappa shape index (κ2) is 5.82. The molecular formula is C13H17N3OS. The van der Waals surface area contributed by atoms with Crippen LogP contribution in [-0.2, 0) is 13.0 Å². The molecule has 4 nitrogen and oxygen atoms in total. The maximum atomic E-state index is 12.1. The Kier molecular flexibility index (Phi) is 4.15. The lowest BCUT2D eigenvalue weighted by Gasteiger charge is -2.05. The largest absolute Gasteiger partial charge is 0.307 e. The van der Waals surface area contributed by atoms with Crippen molar-refractivity contribution in [3.05, 3.63) is 34.2 Å². The number of rotatable bonds is 5. The zero-order valence-corrected chi connectivity index (χ0v) is 11.5. The molecule has 0 unspecified atom stereocenters. The lowest BCUT2D eigenvalue weighted by Crippen LogP contribution is -2.14. The minimum Gasteiger partial charge on any atom is -0.307 e. The van der Waals surface area contributed by atoms with Crippen LogP contribution in [0.1, 0.15) is 35.5 Å². The van der Waals surface area contributed by atoms with Crippen LogP contribution in [0.25, 0.3) is 0 Å². The first-order valence-electron chi connectivity index (χ1n) is 6.15. The summed E-state index contributed by atoms with van der Waals surface area (Å²) in [5, 5.41) is 8.91. The topological polar surface area (TPSA) is 46.9 Å². The summed E-state index contributed by atoms with van der Waals surface area (Å²) in [6.07, 6.45) is 3.82. The molecule has 18 heavy (non-hydrogen) atoms. The third kappa shape index (κ3) is 2.79. The fourth-order valence-electron chi connectivity index (χ4n) is 1.76. The Morgan fingerprint density at radius 2 is 2.33 bits per heavy atom. The van der Waals surface area contributed by atoms with Crippen molar-refractivity contribution in [3.8, 4) is 0 Å². The predicted molar refractivity (Wildman–Crippen MR) is 74.2 cm³/mol. The maximum Gasteiger partial charge on any atom is 0.257 e. The van der Waals surface area contributed by atoms with Gasteiger partial charge in [-0.15, -0.1) is 11.3 Å². The molecule has 0 radical (unpaired) electrons. The number of anilines is 1. The van der Waals surface area contributed by atoms with E-state index in [1.165, 1.54) is 4.88 Å². The molecule has 0 spiro atoms. The Hall–Kier alpha value is -1.62. The van der Waals surface area contributed by atoms with E-state index in [9.17, 15) is 4.79 Å². The molecule has 0 fully saturated rings. The lowest BCUT2D eigenvalue weighted by molar-refractivity contribution is 0.102. The Labute approximate surface area is 111 Å². The van der Waals surface area contributed by atoms with Crippen LogP contribution >= 0.6 is 11.3 Å². The monoisotopic (exact) mass is 263 g/mol. The van der Waals surface area contributed by atoms with Crippen LogP contribution < -0.4 is 5.32 Å². The van der Waals surface area contributed by atoms with E-state index in [0.29, 0.717) is 0 Å². The smallest absolute Gasteiger partial charge is 0.257 e. The molecule has 0 saturated carbocycles. The second-order valence-corrected chi connectivity index (χ2v) is 5.03. The van der Waals surface area contributed by atoms with E-state index in [-0.39, 0.29) is 5.91 Å². The minimum absolute atomic E-state index is 0.0659. The fraction of sp³-hybridized carbons (Fsp3) is 0.385. The third-order valence-corrected chi connectivity index (χ3v) is 3.67. The molecule has 0 aliphatic heterocycles. The van der Waals surface area contributed by atoms with Gasteiger partial charge in [0.15, 0.2) is 0 Å². The molecule has 0 bridgehead atoms. The number of amides is 1. The van der Waals surface area contributed by atoms with Gasteiger partial charge in [-0.25, -0.2) is 4.68 Å². The molecule has 0 aromatic carbocycles. The minimum atomic E-state index is -0.0659. The van der Waals surface area contributed by atoms with Crippen molar-refractivity contribution in [1.82, 2.24) is 9.78 Å². The molecule has 2 rings (SSSR count). The number of hydrogen-bond acceptors (Lipinski definition) is 3. The van der Waals surface area contributed by atoms with Gasteiger partial charge in [-0.3, -0.25) is 4.79 Å². The first-order valence-corrected chi connectivity index (χ1v) is 7.03. The first kappa shape index (κ1) is 12.8. The summed E-state index contributed by atoms with van der Waals surface area (Å²) < 4.78 is 1.76. The van der Waals surface area contributed by atoms with Gasteiger partial charge < -0.3 is 5.32 Å². The summed E-state index contributed by atoms with van der Waals surface area (Å²) in [7, 11) is 0. The number of carbonyl (C=O) groups is 1. The van der Waals surface area contributed by atoms with Crippen molar-refractivity contribution in [3.63, 3.8) is 0 Å². The van der Waals surface area contributed by atoms with Crippen molar-refractivity contribution in [2.75, 3.05) is 5.32 Å². The van der Waals surface area contributed by atoms with Crippen LogP contribution in [0.4, 0.5) is 5.82 Å². The van der Waals surface area contributed by atoms with Crippen LogP contribution in [0.15, 0.2) is 23.7 Å². The van der Waals surface area contributed by atoms with Crippen LogP contribution in [0.3, 0.4) is 0 Å². The number of thiophene rings is 1. The van der Waals surface area contributed by atoms with Gasteiger partial charge in [-0.05, 0) is 19.4 Å². The van der Waals surface area contributed by atoms with E-state index < -0.39 is 0 Å². The average molecular weight is 263 g/mol. The van der Waals surface area contributed by atoms with Gasteiger partial charge in [0.25, 0.3) is 5.91 Å². The van der Waals surface area contributed by atoms with Crippen molar-refractivity contribution in [2.45, 2.75) is 33.2 Å². The molecule has 2 heterocycles. The van der Waals surface area contributed by atoms with Crippen LogP contribution in [0, 0.1) is 0 Å². The Bertz CT molecular complexity index is 530. The molecule has 5 heteroatoms. The van der Waals surface area contributed by atoms with E-state index in [2.05, 4.69) is 17.3 Å². The average Bonchev–Trinajstić information content (AvgIpc) is 2.98. The van der Waals surface area contributed by atoms with Crippen molar-refractivity contribution >= 4 is 23.1 Å². The Morgan fingerprint density at radius 1 is 1.50 bits per heavy atom.